The molecule has 1 fully saturated rings. The molecule has 1 aliphatic heterocycles. The molecular formula is C22H27FN4OS. The van der Waals surface area contributed by atoms with E-state index in [2.05, 4.69) is 22.2 Å². The standard InChI is InChI=1S/C22H27FN4OS/c1-15(13-26-9-3-4-10-26)12-24-21(28)20-11-19-16(2)25-27(22(19)29-20)14-17-5-7-18(23)8-6-17/h5-8,11,15H,3-4,9-10,12-14H2,1-2H3,(H,24,28). The number of carbonyl (C=O) groups is 1. The van der Waals surface area contributed by atoms with E-state index in [0.29, 0.717) is 23.9 Å². The highest BCUT2D eigenvalue weighted by molar-refractivity contribution is 7.20. The van der Waals surface area contributed by atoms with Gasteiger partial charge in [-0.25, -0.2) is 4.39 Å². The average Bonchev–Trinajstić information content (AvgIpc) is 3.41. The maximum Gasteiger partial charge on any atom is 0.261 e. The number of amides is 1. The molecule has 3 heterocycles. The minimum atomic E-state index is -0.246. The van der Waals surface area contributed by atoms with Gasteiger partial charge in [0.1, 0.15) is 10.6 Å². The molecule has 29 heavy (non-hydrogen) atoms. The Morgan fingerprint density at radius 1 is 1.28 bits per heavy atom. The van der Waals surface area contributed by atoms with Gasteiger partial charge >= 0.3 is 0 Å². The van der Waals surface area contributed by atoms with E-state index in [1.807, 2.05) is 17.7 Å². The summed E-state index contributed by atoms with van der Waals surface area (Å²) in [6.07, 6.45) is 2.57. The number of nitrogens with one attached hydrogen (secondary N) is 1. The summed E-state index contributed by atoms with van der Waals surface area (Å²) >= 11 is 1.46. The van der Waals surface area contributed by atoms with E-state index in [0.717, 1.165) is 28.0 Å². The Kier molecular flexibility index (Phi) is 5.96. The van der Waals surface area contributed by atoms with Crippen molar-refractivity contribution in [3.05, 3.63) is 52.3 Å². The number of aromatic nitrogens is 2. The first-order valence-corrected chi connectivity index (χ1v) is 11.0. The van der Waals surface area contributed by atoms with Crippen LogP contribution in [0.1, 0.15) is 40.7 Å². The SMILES string of the molecule is Cc1nn(Cc2ccc(F)cc2)c2sc(C(=O)NCC(C)CN3CCCC3)cc12. The van der Waals surface area contributed by atoms with Crippen molar-refractivity contribution in [2.75, 3.05) is 26.2 Å². The second-order valence-electron chi connectivity index (χ2n) is 8.02. The fraction of sp³-hybridized carbons (Fsp3) is 0.455. The van der Waals surface area contributed by atoms with Gasteiger partial charge in [-0.15, -0.1) is 11.3 Å². The number of carbonyl (C=O) groups excluding carboxylic acids is 1. The number of halogens is 1. The van der Waals surface area contributed by atoms with Gasteiger partial charge in [-0.05, 0) is 62.5 Å². The molecule has 0 radical (unpaired) electrons. The fourth-order valence-corrected chi connectivity index (χ4v) is 5.00. The molecule has 1 saturated heterocycles. The van der Waals surface area contributed by atoms with Gasteiger partial charge in [0.25, 0.3) is 5.91 Å². The van der Waals surface area contributed by atoms with Gasteiger partial charge < -0.3 is 10.2 Å². The monoisotopic (exact) mass is 414 g/mol. The van der Waals surface area contributed by atoms with Crippen LogP contribution in [0.3, 0.4) is 0 Å². The lowest BCUT2D eigenvalue weighted by Crippen LogP contribution is -2.34. The Morgan fingerprint density at radius 2 is 2.00 bits per heavy atom. The van der Waals surface area contributed by atoms with Gasteiger partial charge in [0.05, 0.1) is 17.1 Å². The number of aryl methyl sites for hydroxylation is 1. The number of hydrogen-bond acceptors (Lipinski definition) is 4. The third-order valence-corrected chi connectivity index (χ3v) is 6.60. The van der Waals surface area contributed by atoms with Crippen molar-refractivity contribution >= 4 is 27.5 Å². The van der Waals surface area contributed by atoms with Crippen molar-refractivity contribution in [2.24, 2.45) is 5.92 Å². The average molecular weight is 415 g/mol. The number of nitrogens with zero attached hydrogens (tertiary/aromatic N) is 3. The van der Waals surface area contributed by atoms with Crippen molar-refractivity contribution < 1.29 is 9.18 Å². The Morgan fingerprint density at radius 3 is 2.72 bits per heavy atom. The molecule has 2 aromatic heterocycles. The van der Waals surface area contributed by atoms with Crippen LogP contribution in [0.25, 0.3) is 10.2 Å². The summed E-state index contributed by atoms with van der Waals surface area (Å²) in [4.78, 5) is 16.8. The molecule has 3 aromatic rings. The third kappa shape index (κ3) is 4.67. The van der Waals surface area contributed by atoms with Gasteiger partial charge in [0.15, 0.2) is 0 Å². The first kappa shape index (κ1) is 20.0. The van der Waals surface area contributed by atoms with Gasteiger partial charge in [-0.2, -0.15) is 5.10 Å². The van der Waals surface area contributed by atoms with Crippen molar-refractivity contribution in [1.82, 2.24) is 20.0 Å². The Hall–Kier alpha value is -2.25. The molecule has 5 nitrogen and oxygen atoms in total. The van der Waals surface area contributed by atoms with Crippen LogP contribution in [0.4, 0.5) is 4.39 Å². The van der Waals surface area contributed by atoms with Crippen LogP contribution in [-0.4, -0.2) is 46.8 Å². The molecule has 1 aliphatic rings. The summed E-state index contributed by atoms with van der Waals surface area (Å²) in [5.41, 5.74) is 1.88. The van der Waals surface area contributed by atoms with E-state index < -0.39 is 0 Å². The minimum Gasteiger partial charge on any atom is -0.351 e. The zero-order valence-corrected chi connectivity index (χ0v) is 17.8. The highest BCUT2D eigenvalue weighted by atomic mass is 32.1. The zero-order valence-electron chi connectivity index (χ0n) is 16.9. The third-order valence-electron chi connectivity index (χ3n) is 5.46. The normalized spacial score (nSPS) is 15.8. The molecule has 154 valence electrons. The second kappa shape index (κ2) is 8.63. The Labute approximate surface area is 174 Å². The number of benzene rings is 1. The molecule has 4 rings (SSSR count). The number of thiophene rings is 1. The zero-order chi connectivity index (χ0) is 20.4. The summed E-state index contributed by atoms with van der Waals surface area (Å²) in [7, 11) is 0. The molecule has 1 aromatic carbocycles. The van der Waals surface area contributed by atoms with Crippen LogP contribution in [0, 0.1) is 18.7 Å². The van der Waals surface area contributed by atoms with Gasteiger partial charge in [0.2, 0.25) is 0 Å². The van der Waals surface area contributed by atoms with Gasteiger partial charge in [-0.3, -0.25) is 9.48 Å². The molecule has 1 N–H and O–H groups in total. The first-order chi connectivity index (χ1) is 14.0. The Balaban J connectivity index is 1.42. The summed E-state index contributed by atoms with van der Waals surface area (Å²) in [5, 5.41) is 8.69. The van der Waals surface area contributed by atoms with E-state index >= 15 is 0 Å². The number of likely N-dealkylation sites (tertiary alicyclic amines) is 1. The lowest BCUT2D eigenvalue weighted by Gasteiger charge is -2.20. The highest BCUT2D eigenvalue weighted by Gasteiger charge is 2.18. The van der Waals surface area contributed by atoms with Crippen molar-refractivity contribution in [3.8, 4) is 0 Å². The lowest BCUT2D eigenvalue weighted by molar-refractivity contribution is 0.0949. The molecule has 1 amide bonds. The molecule has 7 heteroatoms. The number of hydrogen-bond donors (Lipinski definition) is 1. The topological polar surface area (TPSA) is 50.2 Å². The Bertz CT molecular complexity index is 988. The second-order valence-corrected chi connectivity index (χ2v) is 9.05. The van der Waals surface area contributed by atoms with E-state index in [1.54, 1.807) is 12.1 Å². The first-order valence-electron chi connectivity index (χ1n) is 10.2. The summed E-state index contributed by atoms with van der Waals surface area (Å²) in [6.45, 7) is 8.78. The smallest absolute Gasteiger partial charge is 0.261 e. The van der Waals surface area contributed by atoms with Crippen LogP contribution in [0.5, 0.6) is 0 Å². The molecule has 0 aliphatic carbocycles. The predicted octanol–water partition coefficient (Wildman–Crippen LogP) is 4.06. The van der Waals surface area contributed by atoms with Crippen LogP contribution in [0.15, 0.2) is 30.3 Å². The molecule has 1 atom stereocenters. The minimum absolute atomic E-state index is 0.0211. The van der Waals surface area contributed by atoms with E-state index in [4.69, 9.17) is 0 Å². The lowest BCUT2D eigenvalue weighted by atomic mass is 10.1. The number of rotatable bonds is 7. The van der Waals surface area contributed by atoms with Crippen molar-refractivity contribution in [1.29, 1.82) is 0 Å². The van der Waals surface area contributed by atoms with Crippen LogP contribution >= 0.6 is 11.3 Å². The van der Waals surface area contributed by atoms with E-state index in [9.17, 15) is 9.18 Å². The van der Waals surface area contributed by atoms with Crippen molar-refractivity contribution in [2.45, 2.75) is 33.2 Å². The van der Waals surface area contributed by atoms with Crippen LogP contribution in [-0.2, 0) is 6.54 Å². The quantitative estimate of drug-likeness (QED) is 0.634. The maximum atomic E-state index is 13.1. The molecule has 0 saturated carbocycles. The van der Waals surface area contributed by atoms with Crippen LogP contribution in [0.2, 0.25) is 0 Å². The van der Waals surface area contributed by atoms with Crippen molar-refractivity contribution in [3.63, 3.8) is 0 Å². The summed E-state index contributed by atoms with van der Waals surface area (Å²) < 4.78 is 15.0. The molecule has 1 unspecified atom stereocenters. The van der Waals surface area contributed by atoms with E-state index in [-0.39, 0.29) is 11.7 Å². The highest BCUT2D eigenvalue weighted by Crippen LogP contribution is 2.29. The largest absolute Gasteiger partial charge is 0.351 e. The number of fused-ring (bicyclic) bond motifs is 1. The van der Waals surface area contributed by atoms with Crippen LogP contribution < -0.4 is 5.32 Å². The molecule has 0 bridgehead atoms. The molecule has 0 spiro atoms. The van der Waals surface area contributed by atoms with Gasteiger partial charge in [-0.1, -0.05) is 19.1 Å². The predicted molar refractivity (Wildman–Crippen MR) is 115 cm³/mol. The summed E-state index contributed by atoms with van der Waals surface area (Å²) in [5.74, 6) is 0.166. The fourth-order valence-electron chi connectivity index (χ4n) is 3.92. The molecular weight excluding hydrogens is 387 g/mol. The van der Waals surface area contributed by atoms with Gasteiger partial charge in [0, 0.05) is 18.5 Å². The summed E-state index contributed by atoms with van der Waals surface area (Å²) in [6, 6.07) is 8.38. The maximum absolute atomic E-state index is 13.1. The van der Waals surface area contributed by atoms with E-state index in [1.165, 1.54) is 49.4 Å².